The van der Waals surface area contributed by atoms with Gasteiger partial charge in [-0.15, -0.1) is 0 Å². The van der Waals surface area contributed by atoms with Gasteiger partial charge in [-0.2, -0.15) is 0 Å². The van der Waals surface area contributed by atoms with E-state index in [1.54, 1.807) is 6.07 Å². The smallest absolute Gasteiger partial charge is 0.188 e. The Morgan fingerprint density at radius 1 is 1.35 bits per heavy atom. The molecule has 1 saturated carbocycles. The van der Waals surface area contributed by atoms with Crippen molar-refractivity contribution in [3.63, 3.8) is 0 Å². The first-order chi connectivity index (χ1) is 9.72. The Hall–Kier alpha value is -1.58. The van der Waals surface area contributed by atoms with Gasteiger partial charge in [0.2, 0.25) is 0 Å². The zero-order valence-corrected chi connectivity index (χ0v) is 12.1. The molecule has 1 aromatic rings. The van der Waals surface area contributed by atoms with Crippen molar-refractivity contribution in [2.24, 2.45) is 10.7 Å². The SMILES string of the molecule is CCCCCCN=C(N)NC1CC1c1ccccc1F. The highest BCUT2D eigenvalue weighted by Gasteiger charge is 2.40. The quantitative estimate of drug-likeness (QED) is 0.457. The van der Waals surface area contributed by atoms with Crippen molar-refractivity contribution in [1.29, 1.82) is 0 Å². The Morgan fingerprint density at radius 2 is 2.15 bits per heavy atom. The van der Waals surface area contributed by atoms with Crippen molar-refractivity contribution in [2.75, 3.05) is 6.54 Å². The van der Waals surface area contributed by atoms with Gasteiger partial charge < -0.3 is 11.1 Å². The van der Waals surface area contributed by atoms with Crippen molar-refractivity contribution >= 4 is 5.96 Å². The highest BCUT2D eigenvalue weighted by molar-refractivity contribution is 5.78. The summed E-state index contributed by atoms with van der Waals surface area (Å²) in [7, 11) is 0. The van der Waals surface area contributed by atoms with Crippen LogP contribution >= 0.6 is 0 Å². The fourth-order valence-electron chi connectivity index (χ4n) is 2.45. The molecule has 2 unspecified atom stereocenters. The third kappa shape index (κ3) is 4.22. The second-order valence-corrected chi connectivity index (χ2v) is 5.44. The van der Waals surface area contributed by atoms with Gasteiger partial charge in [0.05, 0.1) is 0 Å². The number of hydrogen-bond donors (Lipinski definition) is 2. The molecule has 0 heterocycles. The summed E-state index contributed by atoms with van der Waals surface area (Å²) in [5.74, 6) is 0.590. The molecule has 0 amide bonds. The van der Waals surface area contributed by atoms with E-state index in [4.69, 9.17) is 5.73 Å². The lowest BCUT2D eigenvalue weighted by Crippen LogP contribution is -2.34. The molecule has 1 aromatic carbocycles. The Labute approximate surface area is 120 Å². The van der Waals surface area contributed by atoms with Crippen molar-refractivity contribution in [1.82, 2.24) is 5.32 Å². The highest BCUT2D eigenvalue weighted by Crippen LogP contribution is 2.41. The van der Waals surface area contributed by atoms with E-state index in [0.29, 0.717) is 5.96 Å². The molecule has 2 rings (SSSR count). The summed E-state index contributed by atoms with van der Waals surface area (Å²) in [6.07, 6.45) is 5.68. The second-order valence-electron chi connectivity index (χ2n) is 5.44. The number of nitrogens with zero attached hydrogens (tertiary/aromatic N) is 1. The largest absolute Gasteiger partial charge is 0.370 e. The molecule has 3 nitrogen and oxygen atoms in total. The van der Waals surface area contributed by atoms with Gasteiger partial charge in [0.1, 0.15) is 5.82 Å². The van der Waals surface area contributed by atoms with Crippen LogP contribution in [0.5, 0.6) is 0 Å². The van der Waals surface area contributed by atoms with Crippen molar-refractivity contribution in [2.45, 2.75) is 51.0 Å². The predicted molar refractivity (Wildman–Crippen MR) is 81.3 cm³/mol. The van der Waals surface area contributed by atoms with Crippen LogP contribution in [0.4, 0.5) is 4.39 Å². The third-order valence-electron chi connectivity index (χ3n) is 3.72. The highest BCUT2D eigenvalue weighted by atomic mass is 19.1. The van der Waals surface area contributed by atoms with E-state index >= 15 is 0 Å². The Morgan fingerprint density at radius 3 is 2.90 bits per heavy atom. The fourth-order valence-corrected chi connectivity index (χ4v) is 2.45. The number of benzene rings is 1. The number of unbranched alkanes of at least 4 members (excludes halogenated alkanes) is 3. The molecule has 2 atom stereocenters. The van der Waals surface area contributed by atoms with E-state index in [0.717, 1.165) is 24.9 Å². The minimum atomic E-state index is -0.128. The lowest BCUT2D eigenvalue weighted by molar-refractivity contribution is 0.608. The monoisotopic (exact) mass is 277 g/mol. The molecule has 0 bridgehead atoms. The first kappa shape index (κ1) is 14.8. The molecular weight excluding hydrogens is 253 g/mol. The Balaban J connectivity index is 1.73. The summed E-state index contributed by atoms with van der Waals surface area (Å²) in [6.45, 7) is 2.96. The third-order valence-corrected chi connectivity index (χ3v) is 3.72. The van der Waals surface area contributed by atoms with Gasteiger partial charge in [0.15, 0.2) is 5.96 Å². The number of nitrogens with one attached hydrogen (secondary N) is 1. The van der Waals surface area contributed by atoms with Crippen LogP contribution in [-0.2, 0) is 0 Å². The average molecular weight is 277 g/mol. The molecule has 1 fully saturated rings. The Kier molecular flexibility index (Phi) is 5.39. The summed E-state index contributed by atoms with van der Waals surface area (Å²) in [4.78, 5) is 4.32. The van der Waals surface area contributed by atoms with E-state index in [9.17, 15) is 4.39 Å². The molecule has 0 radical (unpaired) electrons. The van der Waals surface area contributed by atoms with Crippen LogP contribution in [-0.4, -0.2) is 18.5 Å². The topological polar surface area (TPSA) is 50.4 Å². The minimum absolute atomic E-state index is 0.128. The van der Waals surface area contributed by atoms with Gasteiger partial charge in [-0.1, -0.05) is 44.4 Å². The molecule has 0 aliphatic heterocycles. The molecule has 1 aliphatic rings. The van der Waals surface area contributed by atoms with E-state index in [2.05, 4.69) is 17.2 Å². The number of halogens is 1. The lowest BCUT2D eigenvalue weighted by atomic mass is 10.1. The molecule has 0 spiro atoms. The minimum Gasteiger partial charge on any atom is -0.370 e. The Bertz CT molecular complexity index is 459. The molecule has 110 valence electrons. The van der Waals surface area contributed by atoms with Gasteiger partial charge in [-0.25, -0.2) is 4.39 Å². The van der Waals surface area contributed by atoms with Crippen LogP contribution in [0.1, 0.15) is 50.5 Å². The zero-order chi connectivity index (χ0) is 14.4. The van der Waals surface area contributed by atoms with Crippen molar-refractivity contribution < 1.29 is 4.39 Å². The molecule has 1 aliphatic carbocycles. The van der Waals surface area contributed by atoms with Crippen LogP contribution in [0.3, 0.4) is 0 Å². The molecule has 20 heavy (non-hydrogen) atoms. The van der Waals surface area contributed by atoms with Crippen molar-refractivity contribution in [3.05, 3.63) is 35.6 Å². The van der Waals surface area contributed by atoms with E-state index in [-0.39, 0.29) is 17.8 Å². The summed E-state index contributed by atoms with van der Waals surface area (Å²) in [5.41, 5.74) is 6.63. The molecular formula is C16H24FN3. The second kappa shape index (κ2) is 7.27. The summed E-state index contributed by atoms with van der Waals surface area (Å²) >= 11 is 0. The van der Waals surface area contributed by atoms with Gasteiger partial charge in [-0.3, -0.25) is 4.99 Å². The number of rotatable bonds is 7. The van der Waals surface area contributed by atoms with Gasteiger partial charge >= 0.3 is 0 Å². The number of aliphatic imine (C=N–C) groups is 1. The van der Waals surface area contributed by atoms with E-state index < -0.39 is 0 Å². The molecule has 0 aromatic heterocycles. The summed E-state index contributed by atoms with van der Waals surface area (Å²) < 4.78 is 13.6. The molecule has 4 heteroatoms. The standard InChI is InChI=1S/C16H24FN3/c1-2-3-4-7-10-19-16(18)20-15-11-13(15)12-8-5-6-9-14(12)17/h5-6,8-9,13,15H,2-4,7,10-11H2,1H3,(H3,18,19,20). The van der Waals surface area contributed by atoms with E-state index in [1.165, 1.54) is 25.3 Å². The van der Waals surface area contributed by atoms with Crippen LogP contribution < -0.4 is 11.1 Å². The maximum Gasteiger partial charge on any atom is 0.188 e. The summed E-state index contributed by atoms with van der Waals surface area (Å²) in [5, 5.41) is 3.18. The normalized spacial score (nSPS) is 21.8. The first-order valence-electron chi connectivity index (χ1n) is 7.53. The van der Waals surface area contributed by atoms with Crippen molar-refractivity contribution in [3.8, 4) is 0 Å². The molecule has 3 N–H and O–H groups in total. The average Bonchev–Trinajstić information content (AvgIpc) is 3.18. The number of hydrogen-bond acceptors (Lipinski definition) is 1. The maximum absolute atomic E-state index is 13.6. The molecule has 0 saturated heterocycles. The van der Waals surface area contributed by atoms with E-state index in [1.807, 2.05) is 12.1 Å². The lowest BCUT2D eigenvalue weighted by Gasteiger charge is -2.06. The number of nitrogens with two attached hydrogens (primary N) is 1. The van der Waals surface area contributed by atoms with Crippen LogP contribution in [0.2, 0.25) is 0 Å². The number of guanidine groups is 1. The van der Waals surface area contributed by atoms with Crippen LogP contribution in [0.15, 0.2) is 29.3 Å². The van der Waals surface area contributed by atoms with Gasteiger partial charge in [0, 0.05) is 18.5 Å². The zero-order valence-electron chi connectivity index (χ0n) is 12.1. The van der Waals surface area contributed by atoms with Gasteiger partial charge in [0.25, 0.3) is 0 Å². The van der Waals surface area contributed by atoms with Crippen LogP contribution in [0.25, 0.3) is 0 Å². The van der Waals surface area contributed by atoms with Gasteiger partial charge in [-0.05, 0) is 24.5 Å². The predicted octanol–water partition coefficient (Wildman–Crippen LogP) is 3.17. The fraction of sp³-hybridized carbons (Fsp3) is 0.562. The summed E-state index contributed by atoms with van der Waals surface area (Å²) in [6, 6.07) is 7.18. The first-order valence-corrected chi connectivity index (χ1v) is 7.53. The maximum atomic E-state index is 13.6. The van der Waals surface area contributed by atoms with Crippen LogP contribution in [0, 0.1) is 5.82 Å².